The summed E-state index contributed by atoms with van der Waals surface area (Å²) in [7, 11) is 0. The molecule has 2 aromatic rings. The first-order chi connectivity index (χ1) is 11.0. The molecule has 0 bridgehead atoms. The van der Waals surface area contributed by atoms with E-state index < -0.39 is 5.97 Å². The van der Waals surface area contributed by atoms with Gasteiger partial charge in [0.05, 0.1) is 6.61 Å². The number of anilines is 2. The molecular formula is C17H17ClN2O3. The summed E-state index contributed by atoms with van der Waals surface area (Å²) in [6, 6.07) is 13.2. The van der Waals surface area contributed by atoms with E-state index in [0.717, 1.165) is 0 Å². The Morgan fingerprint density at radius 2 is 1.70 bits per heavy atom. The summed E-state index contributed by atoms with van der Waals surface area (Å²) >= 11 is 5.88. The molecule has 2 aromatic carbocycles. The average Bonchev–Trinajstić information content (AvgIpc) is 2.54. The van der Waals surface area contributed by atoms with E-state index in [4.69, 9.17) is 22.1 Å². The molecule has 0 saturated carbocycles. The van der Waals surface area contributed by atoms with Crippen LogP contribution >= 0.6 is 11.6 Å². The topological polar surface area (TPSA) is 72.6 Å². The quantitative estimate of drug-likeness (QED) is 0.674. The molecule has 0 aliphatic heterocycles. The predicted molar refractivity (Wildman–Crippen MR) is 90.6 cm³/mol. The van der Waals surface area contributed by atoms with E-state index in [1.54, 1.807) is 55.5 Å². The molecule has 2 N–H and O–H groups in total. The Bertz CT molecular complexity index is 684. The van der Waals surface area contributed by atoms with Crippen LogP contribution < -0.4 is 10.6 Å². The molecule has 0 aliphatic carbocycles. The Labute approximate surface area is 139 Å². The van der Waals surface area contributed by atoms with Crippen molar-refractivity contribution in [2.45, 2.75) is 6.92 Å². The summed E-state index contributed by atoms with van der Waals surface area (Å²) in [4.78, 5) is 25.9. The van der Waals surface area contributed by atoms with Crippen molar-refractivity contribution >= 4 is 34.9 Å². The van der Waals surface area contributed by atoms with Crippen molar-refractivity contribution in [1.82, 2.24) is 0 Å². The van der Waals surface area contributed by atoms with Gasteiger partial charge < -0.3 is 10.5 Å². The fourth-order valence-corrected chi connectivity index (χ4v) is 2.14. The molecule has 0 spiro atoms. The van der Waals surface area contributed by atoms with Crippen LogP contribution in [-0.4, -0.2) is 25.0 Å². The fraction of sp³-hybridized carbons (Fsp3) is 0.176. The molecule has 0 atom stereocenters. The summed E-state index contributed by atoms with van der Waals surface area (Å²) in [6.45, 7) is 1.79. The minimum Gasteiger partial charge on any atom is -0.465 e. The van der Waals surface area contributed by atoms with Gasteiger partial charge >= 0.3 is 5.97 Å². The smallest absolute Gasteiger partial charge is 0.326 e. The zero-order valence-corrected chi connectivity index (χ0v) is 13.4. The number of benzene rings is 2. The standard InChI is InChI=1S/C17H17ClN2O3/c1-2-23-16(21)11-20(15-9-5-13(18)6-10-15)17(22)12-3-7-14(19)8-4-12/h3-10H,2,11,19H2,1H3. The van der Waals surface area contributed by atoms with E-state index >= 15 is 0 Å². The summed E-state index contributed by atoms with van der Waals surface area (Å²) in [5.41, 5.74) is 7.19. The van der Waals surface area contributed by atoms with Crippen LogP contribution in [0.5, 0.6) is 0 Å². The van der Waals surface area contributed by atoms with Crippen molar-refractivity contribution in [3.63, 3.8) is 0 Å². The van der Waals surface area contributed by atoms with Crippen molar-refractivity contribution in [2.75, 3.05) is 23.8 Å². The minimum atomic E-state index is -0.480. The van der Waals surface area contributed by atoms with Gasteiger partial charge in [0, 0.05) is 22.0 Å². The molecular weight excluding hydrogens is 316 g/mol. The number of rotatable bonds is 5. The summed E-state index contributed by atoms with van der Waals surface area (Å²) in [5, 5.41) is 0.546. The second kappa shape index (κ2) is 7.65. The van der Waals surface area contributed by atoms with Crippen molar-refractivity contribution in [1.29, 1.82) is 0 Å². The van der Waals surface area contributed by atoms with Crippen LogP contribution in [0.2, 0.25) is 5.02 Å². The fourth-order valence-electron chi connectivity index (χ4n) is 2.02. The molecule has 0 fully saturated rings. The monoisotopic (exact) mass is 332 g/mol. The Kier molecular flexibility index (Phi) is 5.60. The Hall–Kier alpha value is -2.53. The van der Waals surface area contributed by atoms with Crippen LogP contribution in [0.1, 0.15) is 17.3 Å². The third-order valence-electron chi connectivity index (χ3n) is 3.13. The van der Waals surface area contributed by atoms with Gasteiger partial charge in [-0.2, -0.15) is 0 Å². The van der Waals surface area contributed by atoms with Crippen molar-refractivity contribution in [3.05, 3.63) is 59.1 Å². The van der Waals surface area contributed by atoms with Crippen LogP contribution in [0.15, 0.2) is 48.5 Å². The van der Waals surface area contributed by atoms with Gasteiger partial charge in [-0.05, 0) is 55.5 Å². The number of nitrogen functional groups attached to an aromatic ring is 1. The van der Waals surface area contributed by atoms with Crippen LogP contribution in [0.25, 0.3) is 0 Å². The van der Waals surface area contributed by atoms with E-state index in [1.165, 1.54) is 4.90 Å². The summed E-state index contributed by atoms with van der Waals surface area (Å²) in [5.74, 6) is -0.799. The van der Waals surface area contributed by atoms with Crippen LogP contribution in [-0.2, 0) is 9.53 Å². The number of ether oxygens (including phenoxy) is 1. The SMILES string of the molecule is CCOC(=O)CN(C(=O)c1ccc(N)cc1)c1ccc(Cl)cc1. The van der Waals surface area contributed by atoms with Gasteiger partial charge in [0.1, 0.15) is 6.54 Å². The largest absolute Gasteiger partial charge is 0.465 e. The van der Waals surface area contributed by atoms with Gasteiger partial charge in [-0.1, -0.05) is 11.6 Å². The molecule has 0 aromatic heterocycles. The zero-order valence-electron chi connectivity index (χ0n) is 12.7. The number of nitrogens with two attached hydrogens (primary N) is 1. The Morgan fingerprint density at radius 3 is 2.26 bits per heavy atom. The molecule has 120 valence electrons. The van der Waals surface area contributed by atoms with Gasteiger partial charge in [-0.15, -0.1) is 0 Å². The van der Waals surface area contributed by atoms with Gasteiger partial charge in [0.2, 0.25) is 0 Å². The van der Waals surface area contributed by atoms with E-state index in [0.29, 0.717) is 22.0 Å². The maximum Gasteiger partial charge on any atom is 0.326 e. The molecule has 0 heterocycles. The first-order valence-electron chi connectivity index (χ1n) is 7.10. The lowest BCUT2D eigenvalue weighted by Gasteiger charge is -2.22. The molecule has 0 aliphatic rings. The molecule has 6 heteroatoms. The molecule has 1 amide bonds. The zero-order chi connectivity index (χ0) is 16.8. The summed E-state index contributed by atoms with van der Waals surface area (Å²) < 4.78 is 4.94. The first kappa shape index (κ1) is 16.8. The van der Waals surface area contributed by atoms with Gasteiger partial charge in [-0.3, -0.25) is 14.5 Å². The molecule has 2 rings (SSSR count). The van der Waals surface area contributed by atoms with Gasteiger partial charge in [-0.25, -0.2) is 0 Å². The number of carbonyl (C=O) groups excluding carboxylic acids is 2. The van der Waals surface area contributed by atoms with Crippen molar-refractivity contribution in [3.8, 4) is 0 Å². The number of halogens is 1. The highest BCUT2D eigenvalue weighted by atomic mass is 35.5. The number of amides is 1. The number of hydrogen-bond acceptors (Lipinski definition) is 4. The highest BCUT2D eigenvalue weighted by Crippen LogP contribution is 2.20. The summed E-state index contributed by atoms with van der Waals surface area (Å²) in [6.07, 6.45) is 0. The first-order valence-corrected chi connectivity index (χ1v) is 7.47. The van der Waals surface area contributed by atoms with Crippen molar-refractivity contribution in [2.24, 2.45) is 0 Å². The maximum atomic E-state index is 12.7. The highest BCUT2D eigenvalue weighted by Gasteiger charge is 2.21. The van der Waals surface area contributed by atoms with Gasteiger partial charge in [0.15, 0.2) is 0 Å². The van der Waals surface area contributed by atoms with E-state index in [1.807, 2.05) is 0 Å². The van der Waals surface area contributed by atoms with E-state index in [-0.39, 0.29) is 19.1 Å². The predicted octanol–water partition coefficient (Wildman–Crippen LogP) is 3.13. The molecule has 5 nitrogen and oxygen atoms in total. The molecule has 0 unspecified atom stereocenters. The van der Waals surface area contributed by atoms with Crippen LogP contribution in [0.4, 0.5) is 11.4 Å². The number of nitrogens with zero attached hydrogens (tertiary/aromatic N) is 1. The Balaban J connectivity index is 2.31. The lowest BCUT2D eigenvalue weighted by atomic mass is 10.1. The molecule has 0 radical (unpaired) electrons. The van der Waals surface area contributed by atoms with E-state index in [2.05, 4.69) is 0 Å². The van der Waals surface area contributed by atoms with Crippen molar-refractivity contribution < 1.29 is 14.3 Å². The Morgan fingerprint density at radius 1 is 1.09 bits per heavy atom. The van der Waals surface area contributed by atoms with Gasteiger partial charge in [0.25, 0.3) is 5.91 Å². The lowest BCUT2D eigenvalue weighted by Crippen LogP contribution is -2.36. The minimum absolute atomic E-state index is 0.182. The number of hydrogen-bond donors (Lipinski definition) is 1. The number of esters is 1. The third kappa shape index (κ3) is 4.47. The second-order valence-corrected chi connectivity index (χ2v) is 5.23. The second-order valence-electron chi connectivity index (χ2n) is 4.79. The number of carbonyl (C=O) groups is 2. The molecule has 23 heavy (non-hydrogen) atoms. The van der Waals surface area contributed by atoms with Crippen LogP contribution in [0, 0.1) is 0 Å². The average molecular weight is 333 g/mol. The van der Waals surface area contributed by atoms with Crippen LogP contribution in [0.3, 0.4) is 0 Å². The lowest BCUT2D eigenvalue weighted by molar-refractivity contribution is -0.141. The maximum absolute atomic E-state index is 12.7. The molecule has 0 saturated heterocycles. The normalized spacial score (nSPS) is 10.2. The van der Waals surface area contributed by atoms with E-state index in [9.17, 15) is 9.59 Å². The highest BCUT2D eigenvalue weighted by molar-refractivity contribution is 6.30. The third-order valence-corrected chi connectivity index (χ3v) is 3.39.